The van der Waals surface area contributed by atoms with Crippen molar-refractivity contribution >= 4 is 11.6 Å². The highest BCUT2D eigenvalue weighted by Gasteiger charge is 2.20. The van der Waals surface area contributed by atoms with Crippen LogP contribution in [0.1, 0.15) is 50.8 Å². The first kappa shape index (κ1) is 13.6. The standard InChI is InChI=1S/C13H21ClN4/c1-2-18-13(11(14)9-16-18)12(17-15)8-10-6-4-3-5-7-10/h6,9,12,17H,2-5,7-8,15H2,1H3. The van der Waals surface area contributed by atoms with E-state index in [2.05, 4.69) is 23.5 Å². The molecule has 0 saturated heterocycles. The minimum atomic E-state index is 0.0456. The Labute approximate surface area is 113 Å². The number of rotatable bonds is 5. The normalized spacial score (nSPS) is 17.6. The molecule has 1 aliphatic carbocycles. The van der Waals surface area contributed by atoms with E-state index in [1.54, 1.807) is 6.20 Å². The van der Waals surface area contributed by atoms with Gasteiger partial charge in [-0.25, -0.2) is 0 Å². The number of hydrazine groups is 1. The Morgan fingerprint density at radius 2 is 2.39 bits per heavy atom. The molecular weight excluding hydrogens is 248 g/mol. The molecule has 2 rings (SSSR count). The van der Waals surface area contributed by atoms with Crippen molar-refractivity contribution < 1.29 is 0 Å². The van der Waals surface area contributed by atoms with E-state index in [9.17, 15) is 0 Å². The zero-order valence-corrected chi connectivity index (χ0v) is 11.6. The third-order valence-corrected chi connectivity index (χ3v) is 3.81. The monoisotopic (exact) mass is 268 g/mol. The fourth-order valence-electron chi connectivity index (χ4n) is 2.56. The van der Waals surface area contributed by atoms with Crippen molar-refractivity contribution in [1.82, 2.24) is 15.2 Å². The highest BCUT2D eigenvalue weighted by atomic mass is 35.5. The molecule has 4 nitrogen and oxygen atoms in total. The zero-order valence-electron chi connectivity index (χ0n) is 10.8. The van der Waals surface area contributed by atoms with Gasteiger partial charge in [-0.15, -0.1) is 0 Å². The van der Waals surface area contributed by atoms with E-state index < -0.39 is 0 Å². The van der Waals surface area contributed by atoms with Gasteiger partial charge in [0.1, 0.15) is 0 Å². The first-order chi connectivity index (χ1) is 8.76. The van der Waals surface area contributed by atoms with Crippen molar-refractivity contribution in [2.24, 2.45) is 5.84 Å². The van der Waals surface area contributed by atoms with Crippen LogP contribution in [0.15, 0.2) is 17.8 Å². The quantitative estimate of drug-likeness (QED) is 0.490. The second-order valence-corrected chi connectivity index (χ2v) is 5.13. The maximum absolute atomic E-state index is 6.22. The van der Waals surface area contributed by atoms with E-state index in [0.717, 1.165) is 18.7 Å². The lowest BCUT2D eigenvalue weighted by Crippen LogP contribution is -2.30. The lowest BCUT2D eigenvalue weighted by Gasteiger charge is -2.21. The van der Waals surface area contributed by atoms with E-state index in [1.807, 2.05) is 4.68 Å². The zero-order chi connectivity index (χ0) is 13.0. The highest BCUT2D eigenvalue weighted by molar-refractivity contribution is 6.31. The molecular formula is C13H21ClN4. The van der Waals surface area contributed by atoms with Gasteiger partial charge >= 0.3 is 0 Å². The van der Waals surface area contributed by atoms with Gasteiger partial charge in [-0.3, -0.25) is 16.0 Å². The molecule has 1 aromatic rings. The average Bonchev–Trinajstić information content (AvgIpc) is 2.78. The predicted octanol–water partition coefficient (Wildman–Crippen LogP) is 2.95. The molecule has 0 fully saturated rings. The average molecular weight is 269 g/mol. The van der Waals surface area contributed by atoms with Gasteiger partial charge in [-0.05, 0) is 39.0 Å². The minimum Gasteiger partial charge on any atom is -0.271 e. The van der Waals surface area contributed by atoms with E-state index in [1.165, 1.54) is 31.3 Å². The number of nitrogens with zero attached hydrogens (tertiary/aromatic N) is 2. The molecule has 0 radical (unpaired) electrons. The Morgan fingerprint density at radius 1 is 1.56 bits per heavy atom. The number of aromatic nitrogens is 2. The Kier molecular flexibility index (Phi) is 4.80. The maximum atomic E-state index is 6.22. The summed E-state index contributed by atoms with van der Waals surface area (Å²) in [6.45, 7) is 2.86. The van der Waals surface area contributed by atoms with Crippen LogP contribution in [-0.2, 0) is 6.54 Å². The molecule has 0 spiro atoms. The Balaban J connectivity index is 2.16. The van der Waals surface area contributed by atoms with Crippen molar-refractivity contribution in [3.05, 3.63) is 28.6 Å². The molecule has 1 aromatic heterocycles. The van der Waals surface area contributed by atoms with Gasteiger partial charge in [0.05, 0.1) is 23.0 Å². The minimum absolute atomic E-state index is 0.0456. The lowest BCUT2D eigenvalue weighted by atomic mass is 9.93. The first-order valence-corrected chi connectivity index (χ1v) is 6.99. The molecule has 5 heteroatoms. The Morgan fingerprint density at radius 3 is 3.00 bits per heavy atom. The van der Waals surface area contributed by atoms with Gasteiger partial charge in [-0.1, -0.05) is 23.3 Å². The fourth-order valence-corrected chi connectivity index (χ4v) is 2.83. The third-order valence-electron chi connectivity index (χ3n) is 3.52. The van der Waals surface area contributed by atoms with Gasteiger partial charge in [0.2, 0.25) is 0 Å². The Hall–Kier alpha value is -0.840. The number of allylic oxidation sites excluding steroid dienone is 1. The van der Waals surface area contributed by atoms with Crippen LogP contribution in [0.2, 0.25) is 5.02 Å². The van der Waals surface area contributed by atoms with Crippen molar-refractivity contribution in [2.75, 3.05) is 0 Å². The number of aryl methyl sites for hydroxylation is 1. The molecule has 1 unspecified atom stereocenters. The van der Waals surface area contributed by atoms with E-state index >= 15 is 0 Å². The summed E-state index contributed by atoms with van der Waals surface area (Å²) in [4.78, 5) is 0. The summed E-state index contributed by atoms with van der Waals surface area (Å²) in [5, 5.41) is 4.96. The van der Waals surface area contributed by atoms with Crippen molar-refractivity contribution in [3.8, 4) is 0 Å². The number of halogens is 1. The van der Waals surface area contributed by atoms with Crippen LogP contribution >= 0.6 is 11.6 Å². The summed E-state index contributed by atoms with van der Waals surface area (Å²) >= 11 is 6.22. The second-order valence-electron chi connectivity index (χ2n) is 4.73. The molecule has 1 atom stereocenters. The predicted molar refractivity (Wildman–Crippen MR) is 74.1 cm³/mol. The van der Waals surface area contributed by atoms with Crippen LogP contribution in [0.3, 0.4) is 0 Å². The van der Waals surface area contributed by atoms with Gasteiger partial charge in [0.15, 0.2) is 0 Å². The van der Waals surface area contributed by atoms with Crippen molar-refractivity contribution in [2.45, 2.75) is 51.6 Å². The smallest absolute Gasteiger partial charge is 0.0834 e. The lowest BCUT2D eigenvalue weighted by molar-refractivity contribution is 0.479. The SMILES string of the molecule is CCn1ncc(Cl)c1C(CC1=CCCCC1)NN. The van der Waals surface area contributed by atoms with Crippen LogP contribution in [0, 0.1) is 0 Å². The number of hydrogen-bond acceptors (Lipinski definition) is 3. The van der Waals surface area contributed by atoms with Crippen LogP contribution in [0.5, 0.6) is 0 Å². The first-order valence-electron chi connectivity index (χ1n) is 6.61. The maximum Gasteiger partial charge on any atom is 0.0834 e. The second kappa shape index (κ2) is 6.36. The summed E-state index contributed by atoms with van der Waals surface area (Å²) in [6.07, 6.45) is 9.90. The molecule has 100 valence electrons. The molecule has 18 heavy (non-hydrogen) atoms. The van der Waals surface area contributed by atoms with Gasteiger partial charge in [-0.2, -0.15) is 5.10 Å². The summed E-state index contributed by atoms with van der Waals surface area (Å²) in [7, 11) is 0. The number of nitrogens with one attached hydrogen (secondary N) is 1. The van der Waals surface area contributed by atoms with E-state index in [-0.39, 0.29) is 6.04 Å². The van der Waals surface area contributed by atoms with Crippen LogP contribution in [0.25, 0.3) is 0 Å². The molecule has 1 heterocycles. The molecule has 0 amide bonds. The van der Waals surface area contributed by atoms with E-state index in [4.69, 9.17) is 17.4 Å². The Bertz CT molecular complexity index is 425. The number of nitrogens with two attached hydrogens (primary N) is 1. The highest BCUT2D eigenvalue weighted by Crippen LogP contribution is 2.30. The van der Waals surface area contributed by atoms with Crippen molar-refractivity contribution in [1.29, 1.82) is 0 Å². The van der Waals surface area contributed by atoms with Crippen LogP contribution in [-0.4, -0.2) is 9.78 Å². The van der Waals surface area contributed by atoms with Gasteiger partial charge in [0, 0.05) is 6.54 Å². The summed E-state index contributed by atoms with van der Waals surface area (Å²) in [5.74, 6) is 5.70. The number of hydrogen-bond donors (Lipinski definition) is 2. The molecule has 0 bridgehead atoms. The third kappa shape index (κ3) is 2.94. The molecule has 0 aliphatic heterocycles. The van der Waals surface area contributed by atoms with Crippen LogP contribution in [0.4, 0.5) is 0 Å². The molecule has 0 saturated carbocycles. The van der Waals surface area contributed by atoms with Gasteiger partial charge in [0.25, 0.3) is 0 Å². The van der Waals surface area contributed by atoms with Gasteiger partial charge < -0.3 is 0 Å². The van der Waals surface area contributed by atoms with Crippen molar-refractivity contribution in [3.63, 3.8) is 0 Å². The molecule has 3 N–H and O–H groups in total. The summed E-state index contributed by atoms with van der Waals surface area (Å²) in [6, 6.07) is 0.0456. The molecule has 0 aromatic carbocycles. The summed E-state index contributed by atoms with van der Waals surface area (Å²) < 4.78 is 1.91. The summed E-state index contributed by atoms with van der Waals surface area (Å²) in [5.41, 5.74) is 5.35. The molecule has 1 aliphatic rings. The fraction of sp³-hybridized carbons (Fsp3) is 0.615. The largest absolute Gasteiger partial charge is 0.271 e. The topological polar surface area (TPSA) is 55.9 Å². The van der Waals surface area contributed by atoms with E-state index in [0.29, 0.717) is 5.02 Å². The van der Waals surface area contributed by atoms with Crippen LogP contribution < -0.4 is 11.3 Å².